The number of fused-ring (bicyclic) bond motifs is 1. The molecule has 0 spiro atoms. The number of amides is 2. The number of rotatable bonds is 2. The van der Waals surface area contributed by atoms with E-state index in [1.165, 1.54) is 22.6 Å². The zero-order valence-electron chi connectivity index (χ0n) is 13.7. The van der Waals surface area contributed by atoms with Gasteiger partial charge >= 0.3 is 6.03 Å². The number of nitrogens with one attached hydrogen (secondary N) is 1. The standard InChI is InChI=1S/C18H19F2N3OS/c19-14-9-13(10-15(20)17(14)22-5-1-2-6-22)21-18(24)23-7-3-12-4-8-25-16(12)11-23/h4,8-10H,1-3,5-7,11H2,(H,21,24). The number of nitrogens with zero attached hydrogens (tertiary/aromatic N) is 2. The third kappa shape index (κ3) is 3.20. The molecule has 3 heterocycles. The lowest BCUT2D eigenvalue weighted by atomic mass is 10.1. The Balaban J connectivity index is 1.48. The van der Waals surface area contributed by atoms with Crippen LogP contribution in [0.3, 0.4) is 0 Å². The Morgan fingerprint density at radius 3 is 2.56 bits per heavy atom. The number of urea groups is 1. The summed E-state index contributed by atoms with van der Waals surface area (Å²) in [6, 6.07) is 4.16. The second-order valence-corrected chi connectivity index (χ2v) is 7.45. The molecule has 1 aromatic heterocycles. The highest BCUT2D eigenvalue weighted by atomic mass is 32.1. The lowest BCUT2D eigenvalue weighted by molar-refractivity contribution is 0.207. The monoisotopic (exact) mass is 363 g/mol. The first-order valence-electron chi connectivity index (χ1n) is 8.47. The highest BCUT2D eigenvalue weighted by molar-refractivity contribution is 7.10. The van der Waals surface area contributed by atoms with Gasteiger partial charge in [0.05, 0.1) is 6.54 Å². The van der Waals surface area contributed by atoms with Gasteiger partial charge in [0.15, 0.2) is 11.6 Å². The van der Waals surface area contributed by atoms with Gasteiger partial charge in [0.1, 0.15) is 5.69 Å². The van der Waals surface area contributed by atoms with Crippen molar-refractivity contribution in [2.75, 3.05) is 29.9 Å². The van der Waals surface area contributed by atoms with Gasteiger partial charge in [-0.15, -0.1) is 11.3 Å². The van der Waals surface area contributed by atoms with Crippen LogP contribution >= 0.6 is 11.3 Å². The van der Waals surface area contributed by atoms with E-state index in [4.69, 9.17) is 0 Å². The molecular weight excluding hydrogens is 344 g/mol. The number of carbonyl (C=O) groups is 1. The van der Waals surface area contributed by atoms with E-state index in [2.05, 4.69) is 11.4 Å². The van der Waals surface area contributed by atoms with Crippen molar-refractivity contribution in [2.24, 2.45) is 0 Å². The Labute approximate surface area is 149 Å². The number of hydrogen-bond acceptors (Lipinski definition) is 3. The molecule has 1 aromatic carbocycles. The highest BCUT2D eigenvalue weighted by Crippen LogP contribution is 2.30. The number of halogens is 2. The van der Waals surface area contributed by atoms with Gasteiger partial charge in [-0.05, 0) is 48.4 Å². The molecule has 2 aromatic rings. The van der Waals surface area contributed by atoms with Crippen LogP contribution in [0.5, 0.6) is 0 Å². The Hall–Kier alpha value is -2.15. The van der Waals surface area contributed by atoms with Crippen molar-refractivity contribution < 1.29 is 13.6 Å². The van der Waals surface area contributed by atoms with Crippen LogP contribution in [0.2, 0.25) is 0 Å². The Bertz CT molecular complexity index is 778. The Kier molecular flexibility index (Phi) is 4.33. The predicted molar refractivity (Wildman–Crippen MR) is 95.3 cm³/mol. The summed E-state index contributed by atoms with van der Waals surface area (Å²) in [5, 5.41) is 4.65. The first kappa shape index (κ1) is 16.3. The summed E-state index contributed by atoms with van der Waals surface area (Å²) in [6.45, 7) is 2.47. The van der Waals surface area contributed by atoms with Crippen LogP contribution in [-0.2, 0) is 13.0 Å². The van der Waals surface area contributed by atoms with E-state index >= 15 is 0 Å². The Morgan fingerprint density at radius 2 is 1.84 bits per heavy atom. The third-order valence-electron chi connectivity index (χ3n) is 4.80. The quantitative estimate of drug-likeness (QED) is 0.867. The van der Waals surface area contributed by atoms with Gasteiger partial charge in [-0.25, -0.2) is 13.6 Å². The summed E-state index contributed by atoms with van der Waals surface area (Å²) in [6.07, 6.45) is 2.69. The molecule has 25 heavy (non-hydrogen) atoms. The van der Waals surface area contributed by atoms with Crippen molar-refractivity contribution >= 4 is 28.7 Å². The van der Waals surface area contributed by atoms with Gasteiger partial charge in [-0.2, -0.15) is 0 Å². The van der Waals surface area contributed by atoms with Crippen molar-refractivity contribution in [3.63, 3.8) is 0 Å². The number of carbonyl (C=O) groups excluding carboxylic acids is 1. The minimum atomic E-state index is -0.628. The minimum Gasteiger partial charge on any atom is -0.367 e. The van der Waals surface area contributed by atoms with E-state index in [0.29, 0.717) is 26.2 Å². The largest absolute Gasteiger partial charge is 0.367 e. The molecule has 0 aliphatic carbocycles. The number of thiophene rings is 1. The van der Waals surface area contributed by atoms with Gasteiger partial charge in [0.2, 0.25) is 0 Å². The van der Waals surface area contributed by atoms with E-state index in [-0.39, 0.29) is 17.4 Å². The summed E-state index contributed by atoms with van der Waals surface area (Å²) in [5.41, 5.74) is 1.44. The molecule has 1 saturated heterocycles. The van der Waals surface area contributed by atoms with Crippen molar-refractivity contribution in [3.8, 4) is 0 Å². The van der Waals surface area contributed by atoms with Crippen LogP contribution in [0, 0.1) is 11.6 Å². The molecule has 0 saturated carbocycles. The zero-order chi connectivity index (χ0) is 17.4. The van der Waals surface area contributed by atoms with E-state index in [0.717, 1.165) is 19.3 Å². The van der Waals surface area contributed by atoms with Gasteiger partial charge < -0.3 is 15.1 Å². The fourth-order valence-electron chi connectivity index (χ4n) is 3.49. The SMILES string of the molecule is O=C(Nc1cc(F)c(N2CCCC2)c(F)c1)N1CCc2ccsc2C1. The van der Waals surface area contributed by atoms with E-state index in [9.17, 15) is 13.6 Å². The maximum Gasteiger partial charge on any atom is 0.322 e. The first-order valence-corrected chi connectivity index (χ1v) is 9.35. The second-order valence-electron chi connectivity index (χ2n) is 6.45. The molecule has 0 unspecified atom stereocenters. The van der Waals surface area contributed by atoms with Gasteiger partial charge in [-0.1, -0.05) is 0 Å². The predicted octanol–water partition coefficient (Wildman–Crippen LogP) is 4.22. The first-order chi connectivity index (χ1) is 12.1. The molecule has 0 bridgehead atoms. The maximum atomic E-state index is 14.4. The summed E-state index contributed by atoms with van der Waals surface area (Å²) in [5.74, 6) is -1.26. The van der Waals surface area contributed by atoms with Crippen molar-refractivity contribution in [3.05, 3.63) is 45.7 Å². The second kappa shape index (κ2) is 6.63. The molecule has 4 nitrogen and oxygen atoms in total. The van der Waals surface area contributed by atoms with Crippen molar-refractivity contribution in [1.29, 1.82) is 0 Å². The average molecular weight is 363 g/mol. The van der Waals surface area contributed by atoms with E-state index in [1.807, 2.05) is 5.38 Å². The number of anilines is 2. The van der Waals surface area contributed by atoms with E-state index in [1.54, 1.807) is 21.1 Å². The molecule has 0 atom stereocenters. The van der Waals surface area contributed by atoms with Crippen LogP contribution in [0.25, 0.3) is 0 Å². The fraction of sp³-hybridized carbons (Fsp3) is 0.389. The minimum absolute atomic E-state index is 0.0108. The fourth-order valence-corrected chi connectivity index (χ4v) is 4.44. The van der Waals surface area contributed by atoms with Crippen LogP contribution in [0.1, 0.15) is 23.3 Å². The summed E-state index contributed by atoms with van der Waals surface area (Å²) >= 11 is 1.63. The van der Waals surface area contributed by atoms with Gasteiger partial charge in [-0.3, -0.25) is 0 Å². The Morgan fingerprint density at radius 1 is 1.12 bits per heavy atom. The van der Waals surface area contributed by atoms with Crippen LogP contribution in [0.15, 0.2) is 23.6 Å². The van der Waals surface area contributed by atoms with Crippen LogP contribution in [-0.4, -0.2) is 30.6 Å². The van der Waals surface area contributed by atoms with Gasteiger partial charge in [0.25, 0.3) is 0 Å². The topological polar surface area (TPSA) is 35.6 Å². The molecule has 1 fully saturated rings. The molecule has 2 aliphatic rings. The molecule has 4 rings (SSSR count). The molecule has 2 amide bonds. The maximum absolute atomic E-state index is 14.4. The normalized spacial score (nSPS) is 16.9. The zero-order valence-corrected chi connectivity index (χ0v) is 14.5. The lowest BCUT2D eigenvalue weighted by Crippen LogP contribution is -2.38. The van der Waals surface area contributed by atoms with E-state index < -0.39 is 11.6 Å². The summed E-state index contributed by atoms with van der Waals surface area (Å²) in [7, 11) is 0. The molecule has 0 radical (unpaired) electrons. The third-order valence-corrected chi connectivity index (χ3v) is 5.75. The molecule has 1 N–H and O–H groups in total. The van der Waals surface area contributed by atoms with Crippen molar-refractivity contribution in [2.45, 2.75) is 25.8 Å². The number of hydrogen-bond donors (Lipinski definition) is 1. The molecule has 7 heteroatoms. The van der Waals surface area contributed by atoms with Gasteiger partial charge in [0, 0.05) is 30.2 Å². The average Bonchev–Trinajstić information content (AvgIpc) is 3.25. The molecule has 132 valence electrons. The summed E-state index contributed by atoms with van der Waals surface area (Å²) in [4.78, 5) is 17.0. The summed E-state index contributed by atoms with van der Waals surface area (Å²) < 4.78 is 28.7. The van der Waals surface area contributed by atoms with Crippen molar-refractivity contribution in [1.82, 2.24) is 4.90 Å². The van der Waals surface area contributed by atoms with Crippen LogP contribution < -0.4 is 10.2 Å². The molecule has 2 aliphatic heterocycles. The lowest BCUT2D eigenvalue weighted by Gasteiger charge is -2.27. The smallest absolute Gasteiger partial charge is 0.322 e. The molecular formula is C18H19F2N3OS. The highest BCUT2D eigenvalue weighted by Gasteiger charge is 2.24. The van der Waals surface area contributed by atoms with Crippen LogP contribution in [0.4, 0.5) is 25.0 Å². The number of benzene rings is 1.